The standard InChI is InChI=1S/C18H19NO6S/c1-4-25-18(21)12-5-8-14(9-6-12)19-17(20)13-7-10-15(24-2)16(11-13)26(3,22)23/h5-11H,4H2,1-3H3,(H,19,20). The van der Waals surface area contributed by atoms with E-state index < -0.39 is 21.7 Å². The Balaban J connectivity index is 2.21. The maximum atomic E-state index is 12.4. The van der Waals surface area contributed by atoms with Crippen molar-refractivity contribution >= 4 is 27.4 Å². The molecule has 0 atom stereocenters. The van der Waals surface area contributed by atoms with Crippen LogP contribution in [0.5, 0.6) is 5.75 Å². The Kier molecular flexibility index (Phi) is 5.99. The van der Waals surface area contributed by atoms with Gasteiger partial charge in [0.1, 0.15) is 10.6 Å². The number of anilines is 1. The number of sulfone groups is 1. The van der Waals surface area contributed by atoms with Gasteiger partial charge in [-0.25, -0.2) is 13.2 Å². The molecule has 1 N–H and O–H groups in total. The molecule has 0 aliphatic heterocycles. The third-order valence-electron chi connectivity index (χ3n) is 3.48. The van der Waals surface area contributed by atoms with Crippen molar-refractivity contribution in [1.29, 1.82) is 0 Å². The molecule has 0 aliphatic carbocycles. The quantitative estimate of drug-likeness (QED) is 0.777. The number of hydrogen-bond donors (Lipinski definition) is 1. The molecule has 1 amide bonds. The molecule has 0 saturated carbocycles. The first-order valence-electron chi connectivity index (χ1n) is 7.73. The van der Waals surface area contributed by atoms with E-state index in [2.05, 4.69) is 5.32 Å². The molecule has 0 saturated heterocycles. The Labute approximate surface area is 151 Å². The van der Waals surface area contributed by atoms with Gasteiger partial charge in [0.05, 0.1) is 19.3 Å². The summed E-state index contributed by atoms with van der Waals surface area (Å²) in [7, 11) is -2.20. The number of benzene rings is 2. The summed E-state index contributed by atoms with van der Waals surface area (Å²) in [6.45, 7) is 1.99. The smallest absolute Gasteiger partial charge is 0.338 e. The van der Waals surface area contributed by atoms with Crippen LogP contribution in [-0.2, 0) is 14.6 Å². The summed E-state index contributed by atoms with van der Waals surface area (Å²) in [5, 5.41) is 2.65. The van der Waals surface area contributed by atoms with Crippen molar-refractivity contribution in [1.82, 2.24) is 0 Å². The lowest BCUT2D eigenvalue weighted by molar-refractivity contribution is 0.0526. The Hall–Kier alpha value is -2.87. The molecule has 7 nitrogen and oxygen atoms in total. The second-order valence-corrected chi connectivity index (χ2v) is 7.37. The van der Waals surface area contributed by atoms with Crippen LogP contribution in [0.3, 0.4) is 0 Å². The molecule has 0 heterocycles. The van der Waals surface area contributed by atoms with Crippen molar-refractivity contribution < 1.29 is 27.5 Å². The predicted octanol–water partition coefficient (Wildman–Crippen LogP) is 2.53. The lowest BCUT2D eigenvalue weighted by Gasteiger charge is -2.10. The van der Waals surface area contributed by atoms with E-state index in [4.69, 9.17) is 9.47 Å². The number of rotatable bonds is 6. The third-order valence-corrected chi connectivity index (χ3v) is 4.60. The molecule has 0 aliphatic rings. The largest absolute Gasteiger partial charge is 0.495 e. The maximum absolute atomic E-state index is 12.4. The Morgan fingerprint density at radius 3 is 2.19 bits per heavy atom. The molecular weight excluding hydrogens is 358 g/mol. The topological polar surface area (TPSA) is 98.8 Å². The van der Waals surface area contributed by atoms with Crippen LogP contribution < -0.4 is 10.1 Å². The van der Waals surface area contributed by atoms with Crippen LogP contribution in [0.1, 0.15) is 27.6 Å². The summed E-state index contributed by atoms with van der Waals surface area (Å²) in [4.78, 5) is 23.9. The molecule has 2 aromatic carbocycles. The number of carbonyl (C=O) groups excluding carboxylic acids is 2. The van der Waals surface area contributed by atoms with Crippen LogP contribution >= 0.6 is 0 Å². The fourth-order valence-electron chi connectivity index (χ4n) is 2.22. The minimum Gasteiger partial charge on any atom is -0.495 e. The molecule has 138 valence electrons. The number of carbonyl (C=O) groups is 2. The Morgan fingerprint density at radius 1 is 1.04 bits per heavy atom. The van der Waals surface area contributed by atoms with Crippen LogP contribution in [0.4, 0.5) is 5.69 Å². The molecule has 0 aromatic heterocycles. The van der Waals surface area contributed by atoms with Crippen molar-refractivity contribution in [3.63, 3.8) is 0 Å². The molecule has 2 rings (SSSR count). The van der Waals surface area contributed by atoms with Crippen LogP contribution in [0.25, 0.3) is 0 Å². The molecule has 0 unspecified atom stereocenters. The van der Waals surface area contributed by atoms with Gasteiger partial charge >= 0.3 is 5.97 Å². The minimum atomic E-state index is -3.55. The highest BCUT2D eigenvalue weighted by molar-refractivity contribution is 7.90. The van der Waals surface area contributed by atoms with Crippen LogP contribution in [0.2, 0.25) is 0 Å². The molecule has 0 fully saturated rings. The van der Waals surface area contributed by atoms with Gasteiger partial charge in [-0.1, -0.05) is 0 Å². The monoisotopic (exact) mass is 377 g/mol. The first-order chi connectivity index (χ1) is 12.3. The molecule has 0 radical (unpaired) electrons. The van der Waals surface area contributed by atoms with E-state index >= 15 is 0 Å². The minimum absolute atomic E-state index is 0.0645. The second-order valence-electron chi connectivity index (χ2n) is 5.39. The summed E-state index contributed by atoms with van der Waals surface area (Å²) in [6, 6.07) is 10.3. The number of esters is 1. The highest BCUT2D eigenvalue weighted by Gasteiger charge is 2.17. The zero-order chi connectivity index (χ0) is 19.3. The van der Waals surface area contributed by atoms with E-state index in [0.717, 1.165) is 6.26 Å². The van der Waals surface area contributed by atoms with Gasteiger partial charge in [0, 0.05) is 17.5 Å². The van der Waals surface area contributed by atoms with Gasteiger partial charge in [-0.15, -0.1) is 0 Å². The van der Waals surface area contributed by atoms with Gasteiger partial charge in [0.15, 0.2) is 9.84 Å². The van der Waals surface area contributed by atoms with Gasteiger partial charge in [0.25, 0.3) is 5.91 Å². The van der Waals surface area contributed by atoms with Crippen LogP contribution in [0, 0.1) is 0 Å². The molecule has 8 heteroatoms. The third kappa shape index (κ3) is 4.60. The highest BCUT2D eigenvalue weighted by atomic mass is 32.2. The van der Waals surface area contributed by atoms with Crippen molar-refractivity contribution in [3.8, 4) is 5.75 Å². The number of nitrogens with one attached hydrogen (secondary N) is 1. The van der Waals surface area contributed by atoms with Gasteiger partial charge in [0.2, 0.25) is 0 Å². The fraction of sp³-hybridized carbons (Fsp3) is 0.222. The molecule has 0 spiro atoms. The SMILES string of the molecule is CCOC(=O)c1ccc(NC(=O)c2ccc(OC)c(S(C)(=O)=O)c2)cc1. The first-order valence-corrected chi connectivity index (χ1v) is 9.62. The second kappa shape index (κ2) is 8.01. The predicted molar refractivity (Wildman–Crippen MR) is 96.5 cm³/mol. The molecule has 2 aromatic rings. The Bertz CT molecular complexity index is 919. The van der Waals surface area contributed by atoms with Crippen molar-refractivity contribution in [2.75, 3.05) is 25.3 Å². The van der Waals surface area contributed by atoms with Crippen LogP contribution in [0.15, 0.2) is 47.4 Å². The number of methoxy groups -OCH3 is 1. The van der Waals surface area contributed by atoms with E-state index in [1.807, 2.05) is 0 Å². The van der Waals surface area contributed by atoms with Gasteiger partial charge in [-0.2, -0.15) is 0 Å². The van der Waals surface area contributed by atoms with E-state index in [0.29, 0.717) is 11.3 Å². The summed E-state index contributed by atoms with van der Waals surface area (Å²) < 4.78 is 33.6. The number of amides is 1. The number of hydrogen-bond acceptors (Lipinski definition) is 6. The summed E-state index contributed by atoms with van der Waals surface area (Å²) in [5.74, 6) is -0.761. The molecule has 0 bridgehead atoms. The average Bonchev–Trinajstić information content (AvgIpc) is 2.61. The summed E-state index contributed by atoms with van der Waals surface area (Å²) in [5.41, 5.74) is 0.995. The first kappa shape index (κ1) is 19.5. The number of ether oxygens (including phenoxy) is 2. The molecule has 26 heavy (non-hydrogen) atoms. The zero-order valence-electron chi connectivity index (χ0n) is 14.6. The van der Waals surface area contributed by atoms with Gasteiger partial charge in [-0.05, 0) is 49.4 Å². The van der Waals surface area contributed by atoms with Crippen molar-refractivity contribution in [2.24, 2.45) is 0 Å². The Morgan fingerprint density at radius 2 is 1.65 bits per heavy atom. The average molecular weight is 377 g/mol. The zero-order valence-corrected chi connectivity index (χ0v) is 15.4. The maximum Gasteiger partial charge on any atom is 0.338 e. The highest BCUT2D eigenvalue weighted by Crippen LogP contribution is 2.25. The van der Waals surface area contributed by atoms with Gasteiger partial charge < -0.3 is 14.8 Å². The van der Waals surface area contributed by atoms with Gasteiger partial charge in [-0.3, -0.25) is 4.79 Å². The van der Waals surface area contributed by atoms with Crippen molar-refractivity contribution in [3.05, 3.63) is 53.6 Å². The lowest BCUT2D eigenvalue weighted by atomic mass is 10.1. The lowest BCUT2D eigenvalue weighted by Crippen LogP contribution is -2.13. The van der Waals surface area contributed by atoms with E-state index in [9.17, 15) is 18.0 Å². The normalized spacial score (nSPS) is 10.9. The van der Waals surface area contributed by atoms with Crippen molar-refractivity contribution in [2.45, 2.75) is 11.8 Å². The summed E-state index contributed by atoms with van der Waals surface area (Å²) in [6.07, 6.45) is 1.04. The fourth-order valence-corrected chi connectivity index (χ4v) is 3.07. The van der Waals surface area contributed by atoms with E-state index in [1.54, 1.807) is 19.1 Å². The van der Waals surface area contributed by atoms with E-state index in [-0.39, 0.29) is 22.8 Å². The molecular formula is C18H19NO6S. The van der Waals surface area contributed by atoms with Crippen LogP contribution in [-0.4, -0.2) is 40.3 Å². The van der Waals surface area contributed by atoms with E-state index in [1.165, 1.54) is 37.4 Å². The summed E-state index contributed by atoms with van der Waals surface area (Å²) >= 11 is 0.